The van der Waals surface area contributed by atoms with Crippen LogP contribution in [0.3, 0.4) is 0 Å². The summed E-state index contributed by atoms with van der Waals surface area (Å²) in [6, 6.07) is 18.8. The van der Waals surface area contributed by atoms with Crippen molar-refractivity contribution in [2.75, 3.05) is 27.1 Å². The highest BCUT2D eigenvalue weighted by atomic mass is 28.4. The third-order valence-corrected chi connectivity index (χ3v) is 11.9. The van der Waals surface area contributed by atoms with E-state index in [-0.39, 0.29) is 38.3 Å². The Morgan fingerprint density at radius 3 is 1.83 bits per heavy atom. The second kappa shape index (κ2) is 16.7. The molecule has 2 unspecified atom stereocenters. The van der Waals surface area contributed by atoms with E-state index in [9.17, 15) is 12.9 Å². The summed E-state index contributed by atoms with van der Waals surface area (Å²) < 4.78 is 76.5. The van der Waals surface area contributed by atoms with Crippen LogP contribution in [-0.2, 0) is 41.2 Å². The highest BCUT2D eigenvalue weighted by Gasteiger charge is 2.46. The van der Waals surface area contributed by atoms with Gasteiger partial charge >= 0.3 is 7.18 Å². The number of hydrogen-bond donors (Lipinski definition) is 0. The average molecular weight is 599 g/mol. The summed E-state index contributed by atoms with van der Waals surface area (Å²) in [6.07, 6.45) is -1.82. The van der Waals surface area contributed by atoms with Gasteiger partial charge in [0.25, 0.3) is 0 Å². The molecule has 0 aliphatic carbocycles. The van der Waals surface area contributed by atoms with Crippen molar-refractivity contribution in [3.05, 3.63) is 78.2 Å². The fourth-order valence-electron chi connectivity index (χ4n) is 3.95. The van der Waals surface area contributed by atoms with Gasteiger partial charge in [-0.2, -0.15) is 0 Å². The summed E-state index contributed by atoms with van der Waals surface area (Å²) >= 11 is 0. The molecule has 0 aliphatic heterocycles. The lowest BCUT2D eigenvalue weighted by Gasteiger charge is -2.41. The molecule has 0 radical (unpaired) electrons. The molecule has 0 fully saturated rings. The Kier molecular flexibility index (Phi) is 14.4. The Balaban J connectivity index is 2.51. The van der Waals surface area contributed by atoms with Crippen LogP contribution in [0.4, 0.5) is 12.9 Å². The fraction of sp³-hybridized carbons (Fsp3) is 0.567. The predicted octanol–water partition coefficient (Wildman–Crippen LogP) is 7.37. The van der Waals surface area contributed by atoms with Crippen molar-refractivity contribution in [3.63, 3.8) is 0 Å². The van der Waals surface area contributed by atoms with E-state index in [1.165, 1.54) is 7.11 Å². The molecule has 230 valence electrons. The molecule has 4 atom stereocenters. The minimum absolute atomic E-state index is 0.0445. The van der Waals surface area contributed by atoms with E-state index in [2.05, 4.69) is 33.9 Å². The molecule has 0 saturated carbocycles. The molecule has 0 saturated heterocycles. The van der Waals surface area contributed by atoms with Crippen molar-refractivity contribution in [2.45, 2.75) is 77.4 Å². The molecule has 0 aliphatic rings. The van der Waals surface area contributed by atoms with E-state index in [0.29, 0.717) is 0 Å². The van der Waals surface area contributed by atoms with Crippen LogP contribution >= 0.6 is 0 Å². The zero-order chi connectivity index (χ0) is 30.5. The Hall–Kier alpha value is -1.86. The van der Waals surface area contributed by atoms with Gasteiger partial charge in [0.15, 0.2) is 8.32 Å². The standard InChI is InChI=1S/C30H46BF3O6Si/c1-8-26(21-36-23-35-5)28(40-31(32,33)34)29(38-20-25-17-13-10-14-18-25)27(22-39-41(6,7)30(2,3)4)37-19-24-15-11-9-12-16-24/h8-18,26-29H,19-23H2,1-7H3/t26?,27-,28?,29+/m0/s1. The molecular weight excluding hydrogens is 552 g/mol. The molecule has 0 heterocycles. The lowest BCUT2D eigenvalue weighted by atomic mass is 9.91. The van der Waals surface area contributed by atoms with E-state index >= 15 is 0 Å². The van der Waals surface area contributed by atoms with Gasteiger partial charge in [-0.05, 0) is 29.3 Å². The van der Waals surface area contributed by atoms with E-state index in [0.717, 1.165) is 11.1 Å². The molecule has 0 bridgehead atoms. The number of methoxy groups -OCH3 is 1. The maximum Gasteiger partial charge on any atom is 0.637 e. The van der Waals surface area contributed by atoms with Crippen molar-refractivity contribution in [2.24, 2.45) is 5.92 Å². The number of rotatable bonds is 19. The first-order valence-corrected chi connectivity index (χ1v) is 16.9. The van der Waals surface area contributed by atoms with Crippen LogP contribution in [0.2, 0.25) is 18.1 Å². The summed E-state index contributed by atoms with van der Waals surface area (Å²) in [5.41, 5.74) is 1.69. The summed E-state index contributed by atoms with van der Waals surface area (Å²) in [5.74, 6) is -0.773. The van der Waals surface area contributed by atoms with Gasteiger partial charge in [0, 0.05) is 7.11 Å². The first-order chi connectivity index (χ1) is 19.3. The third kappa shape index (κ3) is 12.5. The summed E-state index contributed by atoms with van der Waals surface area (Å²) in [4.78, 5) is 0. The number of ether oxygens (including phenoxy) is 4. The zero-order valence-electron chi connectivity index (χ0n) is 25.4. The van der Waals surface area contributed by atoms with Gasteiger partial charge < -0.3 is 41.0 Å². The molecule has 41 heavy (non-hydrogen) atoms. The Morgan fingerprint density at radius 2 is 1.37 bits per heavy atom. The van der Waals surface area contributed by atoms with Crippen molar-refractivity contribution in [3.8, 4) is 0 Å². The topological polar surface area (TPSA) is 55.4 Å². The molecule has 0 amide bonds. The lowest BCUT2D eigenvalue weighted by molar-refractivity contribution is -0.161. The average Bonchev–Trinajstić information content (AvgIpc) is 2.91. The highest BCUT2D eigenvalue weighted by Crippen LogP contribution is 2.37. The molecule has 0 N–H and O–H groups in total. The second-order valence-electron chi connectivity index (χ2n) is 11.6. The van der Waals surface area contributed by atoms with Gasteiger partial charge in [-0.15, -0.1) is 0 Å². The van der Waals surface area contributed by atoms with E-state index in [4.69, 9.17) is 28.0 Å². The second-order valence-corrected chi connectivity index (χ2v) is 16.4. The fourth-order valence-corrected chi connectivity index (χ4v) is 4.97. The predicted molar refractivity (Wildman–Crippen MR) is 158 cm³/mol. The van der Waals surface area contributed by atoms with Crippen LogP contribution in [-0.4, -0.2) is 60.9 Å². The first kappa shape index (κ1) is 35.3. The quantitative estimate of drug-likeness (QED) is 0.0729. The smallest absolute Gasteiger partial charge is 0.500 e. The maximum atomic E-state index is 14.0. The molecule has 2 aromatic rings. The van der Waals surface area contributed by atoms with Gasteiger partial charge in [-0.25, -0.2) is 0 Å². The van der Waals surface area contributed by atoms with Gasteiger partial charge in [0.1, 0.15) is 24.9 Å². The summed E-state index contributed by atoms with van der Waals surface area (Å²) in [6.45, 7) is 12.3. The zero-order valence-corrected chi connectivity index (χ0v) is 26.4. The summed E-state index contributed by atoms with van der Waals surface area (Å²) in [5, 5.41) is -0.115. The lowest BCUT2D eigenvalue weighted by Crippen LogP contribution is -2.53. The molecule has 2 rings (SSSR count). The minimum atomic E-state index is -5.64. The number of halogens is 3. The monoisotopic (exact) mass is 598 g/mol. The van der Waals surface area contributed by atoms with Gasteiger partial charge in [-0.1, -0.05) is 81.4 Å². The molecule has 11 heteroatoms. The van der Waals surface area contributed by atoms with Crippen LogP contribution in [0.1, 0.15) is 38.8 Å². The van der Waals surface area contributed by atoms with E-state index < -0.39 is 39.7 Å². The van der Waals surface area contributed by atoms with Crippen molar-refractivity contribution >= 4 is 15.5 Å². The van der Waals surface area contributed by atoms with Crippen LogP contribution in [0.15, 0.2) is 60.7 Å². The largest absolute Gasteiger partial charge is 0.637 e. The molecule has 0 spiro atoms. The van der Waals surface area contributed by atoms with E-state index in [1.54, 1.807) is 13.3 Å². The van der Waals surface area contributed by atoms with E-state index in [1.807, 2.05) is 60.7 Å². The Morgan fingerprint density at radius 1 is 0.829 bits per heavy atom. The van der Waals surface area contributed by atoms with Gasteiger partial charge in [-0.3, -0.25) is 0 Å². The van der Waals surface area contributed by atoms with Crippen molar-refractivity contribution < 1.29 is 41.0 Å². The van der Waals surface area contributed by atoms with Gasteiger partial charge in [0.2, 0.25) is 0 Å². The molecular formula is C30H46BF3O6Si. The maximum absolute atomic E-state index is 14.0. The normalized spacial score (nSPS) is 15.8. The SMILES string of the molecule is C[CH+]C(COCOC)C(O[B-](F)(F)F)[C@H](OCc1ccccc1)[C@H](CO[Si](C)(C)C(C)(C)C)OCc1ccccc1. The minimum Gasteiger partial charge on any atom is -0.500 e. The Labute approximate surface area is 245 Å². The van der Waals surface area contributed by atoms with Crippen LogP contribution in [0.5, 0.6) is 0 Å². The number of hydrogen-bond acceptors (Lipinski definition) is 6. The van der Waals surface area contributed by atoms with Crippen LogP contribution in [0.25, 0.3) is 0 Å². The van der Waals surface area contributed by atoms with Gasteiger partial charge in [0.05, 0.1) is 45.9 Å². The molecule has 0 aromatic heterocycles. The van der Waals surface area contributed by atoms with Crippen molar-refractivity contribution in [1.29, 1.82) is 0 Å². The third-order valence-electron chi connectivity index (χ3n) is 7.37. The highest BCUT2D eigenvalue weighted by molar-refractivity contribution is 6.74. The molecule has 6 nitrogen and oxygen atoms in total. The van der Waals surface area contributed by atoms with Crippen molar-refractivity contribution in [1.82, 2.24) is 0 Å². The first-order valence-electron chi connectivity index (χ1n) is 13.9. The number of benzene rings is 2. The summed E-state index contributed by atoms with van der Waals surface area (Å²) in [7, 11) is -6.48. The molecule has 2 aromatic carbocycles. The van der Waals surface area contributed by atoms with Crippen LogP contribution in [0, 0.1) is 12.3 Å². The Bertz CT molecular complexity index is 976. The van der Waals surface area contributed by atoms with Crippen LogP contribution < -0.4 is 0 Å².